The monoisotopic (exact) mass is 164 g/mol. The van der Waals surface area contributed by atoms with Gasteiger partial charge in [-0.05, 0) is 0 Å². The number of carboxylic acid groups (broad SMARTS) is 2. The van der Waals surface area contributed by atoms with Crippen molar-refractivity contribution in [1.82, 2.24) is 0 Å². The summed E-state index contributed by atoms with van der Waals surface area (Å²) in [5.74, 6) is 0. The van der Waals surface area contributed by atoms with Crippen LogP contribution in [0.2, 0.25) is 0 Å². The topological polar surface area (TPSA) is 143 Å². The molecule has 9 heavy (non-hydrogen) atoms. The van der Waals surface area contributed by atoms with Gasteiger partial charge in [0.1, 0.15) is 0 Å². The predicted molar refractivity (Wildman–Crippen MR) is 24.2 cm³/mol. The van der Waals surface area contributed by atoms with Gasteiger partial charge in [0.05, 0.1) is 0 Å². The fraction of sp³-hybridized carbons (Fsp3) is 0. The van der Waals surface area contributed by atoms with Gasteiger partial charge >= 0.3 is 40.9 Å². The molecule has 48 valence electrons. The van der Waals surface area contributed by atoms with E-state index in [0.717, 1.165) is 0 Å². The molecule has 0 aliphatic rings. The maximum absolute atomic E-state index is 8.56. The van der Waals surface area contributed by atoms with Crippen molar-refractivity contribution < 1.29 is 31.4 Å². The van der Waals surface area contributed by atoms with Crippen LogP contribution < -0.4 is 0 Å². The van der Waals surface area contributed by atoms with E-state index < -0.39 is 6.16 Å². The first kappa shape index (κ1) is 60.2. The molecule has 0 bridgehead atoms. The standard InChI is InChI=1S/CH2O3.2Al.3O/c2-1(3)4;;;;;/h(H2,2,3,4);;;;;/q;2*+3;3*-2. The van der Waals surface area contributed by atoms with Crippen LogP contribution in [-0.4, -0.2) is 51.1 Å². The number of hydrogen-bond donors (Lipinski definition) is 2. The van der Waals surface area contributed by atoms with E-state index in [2.05, 4.69) is 0 Å². The molecule has 0 rings (SSSR count). The molecular weight excluding hydrogens is 162 g/mol. The third kappa shape index (κ3) is 6870. The van der Waals surface area contributed by atoms with Gasteiger partial charge in [0, 0.05) is 0 Å². The van der Waals surface area contributed by atoms with E-state index >= 15 is 0 Å². The molecule has 0 fully saturated rings. The third-order valence-electron chi connectivity index (χ3n) is 0. The number of hydrogen-bond acceptors (Lipinski definition) is 1. The number of carbonyl (C=O) groups is 1. The summed E-state index contributed by atoms with van der Waals surface area (Å²) in [6, 6.07) is 0. The predicted octanol–water partition coefficient (Wildman–Crippen LogP) is -0.896. The Labute approximate surface area is 72.7 Å². The van der Waals surface area contributed by atoms with Gasteiger partial charge in [-0.15, -0.1) is 0 Å². The maximum atomic E-state index is 8.56. The van der Waals surface area contributed by atoms with Crippen molar-refractivity contribution in [3.63, 3.8) is 0 Å². The first-order valence-electron chi connectivity index (χ1n) is 0.651. The minimum atomic E-state index is -1.83. The van der Waals surface area contributed by atoms with Gasteiger partial charge in [0.2, 0.25) is 0 Å². The summed E-state index contributed by atoms with van der Waals surface area (Å²) in [4.78, 5) is 8.56. The van der Waals surface area contributed by atoms with Gasteiger partial charge in [0.25, 0.3) is 0 Å². The van der Waals surface area contributed by atoms with Crippen molar-refractivity contribution in [1.29, 1.82) is 0 Å². The second-order valence-electron chi connectivity index (χ2n) is 0.283. The minimum absolute atomic E-state index is 0. The molecule has 8 heteroatoms. The van der Waals surface area contributed by atoms with Crippen LogP contribution in [0.15, 0.2) is 0 Å². The second kappa shape index (κ2) is 41.4. The zero-order chi connectivity index (χ0) is 3.58. The van der Waals surface area contributed by atoms with Gasteiger partial charge < -0.3 is 26.6 Å². The van der Waals surface area contributed by atoms with Gasteiger partial charge in [0.15, 0.2) is 0 Å². The Morgan fingerprint density at radius 1 is 0.889 bits per heavy atom. The molecule has 0 aromatic carbocycles. The van der Waals surface area contributed by atoms with E-state index in [1.165, 1.54) is 0 Å². The van der Waals surface area contributed by atoms with Crippen LogP contribution in [0.25, 0.3) is 0 Å². The fourth-order valence-corrected chi connectivity index (χ4v) is 0. The van der Waals surface area contributed by atoms with Gasteiger partial charge in [-0.1, -0.05) is 0 Å². The van der Waals surface area contributed by atoms with Crippen molar-refractivity contribution in [3.8, 4) is 0 Å². The molecule has 2 N–H and O–H groups in total. The van der Waals surface area contributed by atoms with Crippen LogP contribution in [0.1, 0.15) is 0 Å². The van der Waals surface area contributed by atoms with E-state index in [1.807, 2.05) is 0 Å². The van der Waals surface area contributed by atoms with Crippen molar-refractivity contribution in [2.75, 3.05) is 0 Å². The summed E-state index contributed by atoms with van der Waals surface area (Å²) in [5, 5.41) is 13.9. The molecule has 6 nitrogen and oxygen atoms in total. The minimum Gasteiger partial charge on any atom is -2.00 e. The average Bonchev–Trinajstić information content (AvgIpc) is 0.811. The van der Waals surface area contributed by atoms with Crippen molar-refractivity contribution >= 4 is 40.9 Å². The average molecular weight is 164 g/mol. The van der Waals surface area contributed by atoms with Gasteiger partial charge in [-0.3, -0.25) is 0 Å². The van der Waals surface area contributed by atoms with Crippen LogP contribution in [0.5, 0.6) is 0 Å². The van der Waals surface area contributed by atoms with E-state index in [4.69, 9.17) is 15.0 Å². The van der Waals surface area contributed by atoms with Crippen molar-refractivity contribution in [3.05, 3.63) is 0 Å². The Morgan fingerprint density at radius 3 is 0.889 bits per heavy atom. The smallest absolute Gasteiger partial charge is 2.00 e. The zero-order valence-corrected chi connectivity index (χ0v) is 6.49. The summed E-state index contributed by atoms with van der Waals surface area (Å²) in [6.07, 6.45) is -1.83. The molecule has 0 aromatic heterocycles. The Hall–Kier alpha value is 0.215. The molecule has 0 amide bonds. The van der Waals surface area contributed by atoms with Gasteiger partial charge in [-0.25, -0.2) is 4.79 Å². The molecule has 0 aliphatic heterocycles. The van der Waals surface area contributed by atoms with Crippen LogP contribution >= 0.6 is 0 Å². The summed E-state index contributed by atoms with van der Waals surface area (Å²) in [7, 11) is 0. The Bertz CT molecular complexity index is 34.0. The molecule has 0 saturated carbocycles. The second-order valence-corrected chi connectivity index (χ2v) is 0.283. The first-order valence-corrected chi connectivity index (χ1v) is 0.651. The summed E-state index contributed by atoms with van der Waals surface area (Å²) in [5.41, 5.74) is 0. The molecule has 0 aliphatic carbocycles. The van der Waals surface area contributed by atoms with Crippen LogP contribution in [-0.2, 0) is 16.4 Å². The molecular formula is CH2Al2O6. The van der Waals surface area contributed by atoms with Crippen molar-refractivity contribution in [2.45, 2.75) is 0 Å². The van der Waals surface area contributed by atoms with E-state index in [0.29, 0.717) is 0 Å². The van der Waals surface area contributed by atoms with Crippen molar-refractivity contribution in [2.24, 2.45) is 0 Å². The normalized spacial score (nSPS) is 2.67. The summed E-state index contributed by atoms with van der Waals surface area (Å²) in [6.45, 7) is 0. The largest absolute Gasteiger partial charge is 3.00 e. The number of rotatable bonds is 0. The molecule has 0 aromatic rings. The summed E-state index contributed by atoms with van der Waals surface area (Å²) >= 11 is 0. The SMILES string of the molecule is O=C(O)O.[Al+3].[Al+3].[O-2].[O-2].[O-2]. The molecule has 0 atom stereocenters. The molecule has 0 heterocycles. The Morgan fingerprint density at radius 2 is 0.889 bits per heavy atom. The fourth-order valence-electron chi connectivity index (χ4n) is 0. The zero-order valence-electron chi connectivity index (χ0n) is 4.18. The first-order chi connectivity index (χ1) is 1.73. The molecule has 0 saturated heterocycles. The van der Waals surface area contributed by atoms with Crippen LogP contribution in [0.3, 0.4) is 0 Å². The van der Waals surface area contributed by atoms with E-state index in [-0.39, 0.29) is 51.2 Å². The van der Waals surface area contributed by atoms with Gasteiger partial charge in [-0.2, -0.15) is 0 Å². The Kier molecular flexibility index (Phi) is 277. The van der Waals surface area contributed by atoms with E-state index in [9.17, 15) is 0 Å². The molecule has 0 spiro atoms. The third-order valence-corrected chi connectivity index (χ3v) is 0. The van der Waals surface area contributed by atoms with Crippen LogP contribution in [0.4, 0.5) is 4.79 Å². The molecule has 0 radical (unpaired) electrons. The van der Waals surface area contributed by atoms with E-state index in [1.54, 1.807) is 0 Å². The maximum Gasteiger partial charge on any atom is 3.00 e. The Balaban J connectivity index is -0.00000000450. The molecule has 0 unspecified atom stereocenters. The van der Waals surface area contributed by atoms with Crippen LogP contribution in [0, 0.1) is 0 Å². The summed E-state index contributed by atoms with van der Waals surface area (Å²) < 4.78 is 0. The quantitative estimate of drug-likeness (QED) is 0.447.